The largest absolute Gasteiger partial charge is 0.469 e. The van der Waals surface area contributed by atoms with Gasteiger partial charge in [-0.3, -0.25) is 4.79 Å². The number of aromatic nitrogens is 5. The second-order valence-corrected chi connectivity index (χ2v) is 4.02. The molecule has 0 aliphatic heterocycles. The van der Waals surface area contributed by atoms with Crippen molar-refractivity contribution in [2.24, 2.45) is 0 Å². The van der Waals surface area contributed by atoms with Crippen LogP contribution in [0.25, 0.3) is 0 Å². The number of aryl methyl sites for hydroxylation is 1. The zero-order valence-electron chi connectivity index (χ0n) is 11.7. The molecule has 2 aromatic rings. The molecule has 0 atom stereocenters. The first-order valence-electron chi connectivity index (χ1n) is 5.91. The molecule has 0 radical (unpaired) electrons. The lowest BCUT2D eigenvalue weighted by atomic mass is 10.2. The highest BCUT2D eigenvalue weighted by molar-refractivity contribution is 5.89. The van der Waals surface area contributed by atoms with Crippen molar-refractivity contribution >= 4 is 11.9 Å². The van der Waals surface area contributed by atoms with Crippen molar-refractivity contribution in [1.29, 1.82) is 0 Å². The van der Waals surface area contributed by atoms with Crippen LogP contribution in [0.2, 0.25) is 0 Å². The van der Waals surface area contributed by atoms with E-state index in [-0.39, 0.29) is 24.4 Å². The Kier molecular flexibility index (Phi) is 4.26. The van der Waals surface area contributed by atoms with Gasteiger partial charge in [0, 0.05) is 6.92 Å². The molecule has 0 unspecified atom stereocenters. The minimum atomic E-state index is -0.690. The predicted octanol–water partition coefficient (Wildman–Crippen LogP) is -0.480. The van der Waals surface area contributed by atoms with Crippen LogP contribution in [-0.4, -0.2) is 51.3 Å². The zero-order chi connectivity index (χ0) is 15.4. The third kappa shape index (κ3) is 3.22. The van der Waals surface area contributed by atoms with E-state index in [1.165, 1.54) is 18.9 Å². The second kappa shape index (κ2) is 6.11. The van der Waals surface area contributed by atoms with Crippen molar-refractivity contribution < 1.29 is 23.6 Å². The van der Waals surface area contributed by atoms with Crippen LogP contribution < -0.4 is 0 Å². The Morgan fingerprint density at radius 2 is 2.05 bits per heavy atom. The summed E-state index contributed by atoms with van der Waals surface area (Å²) in [4.78, 5) is 27.1. The Hall–Kier alpha value is -2.78. The van der Waals surface area contributed by atoms with Gasteiger partial charge in [-0.25, -0.2) is 9.48 Å². The molecule has 2 heterocycles. The number of methoxy groups -OCH3 is 2. The number of carbonyl (C=O) groups is 2. The Balaban J connectivity index is 2.33. The first kappa shape index (κ1) is 14.6. The lowest BCUT2D eigenvalue weighted by Gasteiger charge is -2.04. The zero-order valence-corrected chi connectivity index (χ0v) is 11.7. The fourth-order valence-corrected chi connectivity index (χ4v) is 1.64. The van der Waals surface area contributed by atoms with Gasteiger partial charge in [-0.15, -0.1) is 5.10 Å². The van der Waals surface area contributed by atoms with E-state index in [0.29, 0.717) is 11.7 Å². The summed E-state index contributed by atoms with van der Waals surface area (Å²) in [5, 5.41) is 11.3. The van der Waals surface area contributed by atoms with E-state index in [0.717, 1.165) is 0 Å². The molecule has 0 bridgehead atoms. The Morgan fingerprint density at radius 3 is 2.62 bits per heavy atom. The molecule has 112 valence electrons. The quantitative estimate of drug-likeness (QED) is 0.673. The Morgan fingerprint density at radius 1 is 1.29 bits per heavy atom. The number of esters is 2. The van der Waals surface area contributed by atoms with Crippen molar-refractivity contribution in [3.05, 3.63) is 23.1 Å². The lowest BCUT2D eigenvalue weighted by Crippen LogP contribution is -2.16. The lowest BCUT2D eigenvalue weighted by molar-refractivity contribution is -0.139. The predicted molar refractivity (Wildman–Crippen MR) is 65.2 cm³/mol. The highest BCUT2D eigenvalue weighted by Gasteiger charge is 2.23. The molecular formula is C11H13N5O5. The molecule has 21 heavy (non-hydrogen) atoms. The number of hydrogen-bond donors (Lipinski definition) is 0. The van der Waals surface area contributed by atoms with Gasteiger partial charge in [0.2, 0.25) is 5.89 Å². The van der Waals surface area contributed by atoms with Gasteiger partial charge in [0.25, 0.3) is 0 Å². The van der Waals surface area contributed by atoms with E-state index < -0.39 is 11.9 Å². The summed E-state index contributed by atoms with van der Waals surface area (Å²) < 4.78 is 15.4. The fourth-order valence-electron chi connectivity index (χ4n) is 1.64. The average molecular weight is 295 g/mol. The molecule has 0 saturated carbocycles. The Bertz CT molecular complexity index is 662. The molecule has 0 spiro atoms. The average Bonchev–Trinajstić information content (AvgIpc) is 3.05. The van der Waals surface area contributed by atoms with Gasteiger partial charge in [-0.2, -0.15) is 4.98 Å². The van der Waals surface area contributed by atoms with E-state index in [2.05, 4.69) is 29.9 Å². The maximum absolute atomic E-state index is 11.6. The van der Waals surface area contributed by atoms with Gasteiger partial charge in [0.1, 0.15) is 6.54 Å². The van der Waals surface area contributed by atoms with Crippen molar-refractivity contribution in [2.75, 3.05) is 14.2 Å². The minimum Gasteiger partial charge on any atom is -0.469 e. The van der Waals surface area contributed by atoms with Crippen LogP contribution in [-0.2, 0) is 27.2 Å². The van der Waals surface area contributed by atoms with Crippen LogP contribution in [0.1, 0.15) is 27.9 Å². The van der Waals surface area contributed by atoms with Crippen LogP contribution in [0.15, 0.2) is 4.52 Å². The van der Waals surface area contributed by atoms with Crippen LogP contribution in [0.3, 0.4) is 0 Å². The van der Waals surface area contributed by atoms with Gasteiger partial charge < -0.3 is 14.0 Å². The molecule has 0 aromatic carbocycles. The SMILES string of the molecule is COC(=O)Cc1c(C(=O)OC)nnn1Cc1noc(C)n1. The standard InChI is InChI=1S/C11H13N5O5/c1-6-12-8(14-21-6)5-16-7(4-9(17)19-2)10(13-15-16)11(18)20-3/h4-5H2,1-3H3. The number of nitrogens with zero attached hydrogens (tertiary/aromatic N) is 5. The van der Waals surface area contributed by atoms with E-state index in [4.69, 9.17) is 4.52 Å². The first-order chi connectivity index (χ1) is 10.0. The molecule has 2 aromatic heterocycles. The summed E-state index contributed by atoms with van der Waals surface area (Å²) in [5.74, 6) is -0.481. The maximum Gasteiger partial charge on any atom is 0.360 e. The minimum absolute atomic E-state index is 0.0527. The summed E-state index contributed by atoms with van der Waals surface area (Å²) in [6, 6.07) is 0. The van der Waals surface area contributed by atoms with Crippen molar-refractivity contribution in [3.63, 3.8) is 0 Å². The highest BCUT2D eigenvalue weighted by atomic mass is 16.5. The third-order valence-corrected chi connectivity index (χ3v) is 2.62. The highest BCUT2D eigenvalue weighted by Crippen LogP contribution is 2.10. The number of hydrogen-bond acceptors (Lipinski definition) is 9. The van der Waals surface area contributed by atoms with Gasteiger partial charge in [-0.1, -0.05) is 10.4 Å². The molecule has 10 nitrogen and oxygen atoms in total. The monoisotopic (exact) mass is 295 g/mol. The first-order valence-corrected chi connectivity index (χ1v) is 5.91. The smallest absolute Gasteiger partial charge is 0.360 e. The van der Waals surface area contributed by atoms with Crippen LogP contribution in [0.5, 0.6) is 0 Å². The van der Waals surface area contributed by atoms with Gasteiger partial charge >= 0.3 is 11.9 Å². The fraction of sp³-hybridized carbons (Fsp3) is 0.455. The maximum atomic E-state index is 11.6. The molecule has 0 fully saturated rings. The number of ether oxygens (including phenoxy) is 2. The van der Waals surface area contributed by atoms with Crippen LogP contribution >= 0.6 is 0 Å². The molecule has 0 saturated heterocycles. The number of rotatable bonds is 5. The number of carbonyl (C=O) groups excluding carboxylic acids is 2. The van der Waals surface area contributed by atoms with E-state index in [1.807, 2.05) is 0 Å². The van der Waals surface area contributed by atoms with Gasteiger partial charge in [-0.05, 0) is 0 Å². The third-order valence-electron chi connectivity index (χ3n) is 2.62. The van der Waals surface area contributed by atoms with Crippen molar-refractivity contribution in [3.8, 4) is 0 Å². The van der Waals surface area contributed by atoms with E-state index in [9.17, 15) is 9.59 Å². The molecule has 10 heteroatoms. The van der Waals surface area contributed by atoms with Crippen molar-refractivity contribution in [2.45, 2.75) is 19.9 Å². The topological polar surface area (TPSA) is 122 Å². The summed E-state index contributed by atoms with van der Waals surface area (Å²) in [5.41, 5.74) is 0.208. The summed E-state index contributed by atoms with van der Waals surface area (Å²) in [6.45, 7) is 1.75. The summed E-state index contributed by atoms with van der Waals surface area (Å²) in [7, 11) is 2.46. The van der Waals surface area contributed by atoms with E-state index >= 15 is 0 Å². The summed E-state index contributed by atoms with van der Waals surface area (Å²) in [6.07, 6.45) is -0.176. The molecule has 0 aliphatic rings. The molecular weight excluding hydrogens is 282 g/mol. The molecule has 0 aliphatic carbocycles. The van der Waals surface area contributed by atoms with Gasteiger partial charge in [0.15, 0.2) is 11.5 Å². The summed E-state index contributed by atoms with van der Waals surface area (Å²) >= 11 is 0. The Labute approximate surface area is 119 Å². The van der Waals surface area contributed by atoms with Crippen molar-refractivity contribution in [1.82, 2.24) is 25.1 Å². The van der Waals surface area contributed by atoms with E-state index in [1.54, 1.807) is 6.92 Å². The molecule has 0 amide bonds. The molecule has 0 N–H and O–H groups in total. The molecule has 2 rings (SSSR count). The normalized spacial score (nSPS) is 10.4. The van der Waals surface area contributed by atoms with Gasteiger partial charge in [0.05, 0.1) is 26.3 Å². The van der Waals surface area contributed by atoms with Crippen LogP contribution in [0, 0.1) is 6.92 Å². The second-order valence-electron chi connectivity index (χ2n) is 4.02. The van der Waals surface area contributed by atoms with Crippen LogP contribution in [0.4, 0.5) is 0 Å².